The van der Waals surface area contributed by atoms with E-state index in [0.29, 0.717) is 6.04 Å². The molecule has 0 aliphatic heterocycles. The van der Waals surface area contributed by atoms with Gasteiger partial charge in [-0.3, -0.25) is 4.90 Å². The summed E-state index contributed by atoms with van der Waals surface area (Å²) >= 11 is 0. The Morgan fingerprint density at radius 3 is 2.25 bits per heavy atom. The van der Waals surface area contributed by atoms with Gasteiger partial charge in [0.25, 0.3) is 0 Å². The van der Waals surface area contributed by atoms with E-state index in [4.69, 9.17) is 4.74 Å². The quantitative estimate of drug-likeness (QED) is 0.626. The Morgan fingerprint density at radius 2 is 1.81 bits per heavy atom. The van der Waals surface area contributed by atoms with Gasteiger partial charge in [-0.05, 0) is 19.3 Å². The van der Waals surface area contributed by atoms with Crippen molar-refractivity contribution in [2.75, 3.05) is 26.8 Å². The lowest BCUT2D eigenvalue weighted by molar-refractivity contribution is 0.0572. The van der Waals surface area contributed by atoms with E-state index >= 15 is 0 Å². The lowest BCUT2D eigenvalue weighted by Crippen LogP contribution is -2.41. The molecule has 0 fully saturated rings. The van der Waals surface area contributed by atoms with Gasteiger partial charge in [-0.1, -0.05) is 27.2 Å². The molecule has 3 heteroatoms. The van der Waals surface area contributed by atoms with E-state index in [1.807, 2.05) is 0 Å². The number of hydrogen-bond donors (Lipinski definition) is 1. The smallest absolute Gasteiger partial charge is 0.0667 e. The SMILES string of the molecule is CCCC(O)CN(CCOC)C(CC)CC. The highest BCUT2D eigenvalue weighted by Crippen LogP contribution is 2.10. The van der Waals surface area contributed by atoms with Gasteiger partial charge in [0.1, 0.15) is 0 Å². The number of hydrogen-bond acceptors (Lipinski definition) is 3. The Kier molecular flexibility index (Phi) is 9.99. The molecule has 0 radical (unpaired) electrons. The third kappa shape index (κ3) is 6.46. The minimum atomic E-state index is -0.192. The fraction of sp³-hybridized carbons (Fsp3) is 1.00. The average Bonchev–Trinajstić information content (AvgIpc) is 2.27. The van der Waals surface area contributed by atoms with E-state index in [-0.39, 0.29) is 6.10 Å². The molecule has 0 aromatic heterocycles. The predicted molar refractivity (Wildman–Crippen MR) is 68.7 cm³/mol. The molecular formula is C13H29NO2. The molecule has 0 spiro atoms. The Balaban J connectivity index is 4.17. The first-order valence-corrected chi connectivity index (χ1v) is 6.60. The molecule has 3 nitrogen and oxygen atoms in total. The van der Waals surface area contributed by atoms with Gasteiger partial charge in [0, 0.05) is 26.2 Å². The van der Waals surface area contributed by atoms with Crippen LogP contribution in [0.3, 0.4) is 0 Å². The second kappa shape index (κ2) is 10.1. The zero-order valence-electron chi connectivity index (χ0n) is 11.4. The molecule has 0 heterocycles. The highest BCUT2D eigenvalue weighted by Gasteiger charge is 2.17. The van der Waals surface area contributed by atoms with Crippen molar-refractivity contribution in [2.45, 2.75) is 58.6 Å². The van der Waals surface area contributed by atoms with Crippen LogP contribution in [-0.2, 0) is 4.74 Å². The van der Waals surface area contributed by atoms with Crippen molar-refractivity contribution in [3.63, 3.8) is 0 Å². The van der Waals surface area contributed by atoms with E-state index < -0.39 is 0 Å². The van der Waals surface area contributed by atoms with Gasteiger partial charge in [-0.2, -0.15) is 0 Å². The first kappa shape index (κ1) is 15.9. The topological polar surface area (TPSA) is 32.7 Å². The Morgan fingerprint density at radius 1 is 1.19 bits per heavy atom. The van der Waals surface area contributed by atoms with Crippen molar-refractivity contribution in [1.29, 1.82) is 0 Å². The maximum Gasteiger partial charge on any atom is 0.0667 e. The molecule has 0 amide bonds. The highest BCUT2D eigenvalue weighted by molar-refractivity contribution is 4.72. The van der Waals surface area contributed by atoms with Crippen molar-refractivity contribution in [3.05, 3.63) is 0 Å². The van der Waals surface area contributed by atoms with Crippen LogP contribution in [0.1, 0.15) is 46.5 Å². The van der Waals surface area contributed by atoms with E-state index in [2.05, 4.69) is 25.7 Å². The molecule has 0 aliphatic rings. The van der Waals surface area contributed by atoms with Crippen LogP contribution in [0.25, 0.3) is 0 Å². The zero-order valence-corrected chi connectivity index (χ0v) is 11.4. The molecule has 0 aromatic carbocycles. The summed E-state index contributed by atoms with van der Waals surface area (Å²) in [4.78, 5) is 2.36. The largest absolute Gasteiger partial charge is 0.392 e. The first-order chi connectivity index (χ1) is 7.69. The van der Waals surface area contributed by atoms with Gasteiger partial charge in [-0.25, -0.2) is 0 Å². The van der Waals surface area contributed by atoms with Crippen LogP contribution in [0.2, 0.25) is 0 Å². The van der Waals surface area contributed by atoms with Gasteiger partial charge in [0.05, 0.1) is 12.7 Å². The number of ether oxygens (including phenoxy) is 1. The predicted octanol–water partition coefficient (Wildman–Crippen LogP) is 2.28. The Labute approximate surface area is 101 Å². The molecule has 1 unspecified atom stereocenters. The van der Waals surface area contributed by atoms with Gasteiger partial charge in [0.15, 0.2) is 0 Å². The van der Waals surface area contributed by atoms with Crippen molar-refractivity contribution < 1.29 is 9.84 Å². The second-order valence-corrected chi connectivity index (χ2v) is 4.40. The molecule has 0 saturated heterocycles. The Bertz CT molecular complexity index is 149. The number of nitrogens with zero attached hydrogens (tertiary/aromatic N) is 1. The lowest BCUT2D eigenvalue weighted by Gasteiger charge is -2.31. The third-order valence-corrected chi connectivity index (χ3v) is 3.11. The Hall–Kier alpha value is -0.120. The van der Waals surface area contributed by atoms with Crippen LogP contribution in [0.5, 0.6) is 0 Å². The normalized spacial score (nSPS) is 13.7. The van der Waals surface area contributed by atoms with Crippen LogP contribution >= 0.6 is 0 Å². The molecule has 1 atom stereocenters. The summed E-state index contributed by atoms with van der Waals surface area (Å²) in [5, 5.41) is 9.88. The van der Waals surface area contributed by atoms with Gasteiger partial charge >= 0.3 is 0 Å². The molecule has 0 aromatic rings. The number of aliphatic hydroxyl groups excluding tert-OH is 1. The summed E-state index contributed by atoms with van der Waals surface area (Å²) < 4.78 is 5.13. The fourth-order valence-corrected chi connectivity index (χ4v) is 2.13. The standard InChI is InChI=1S/C13H29NO2/c1-5-8-13(15)11-14(9-10-16-4)12(6-2)7-3/h12-13,15H,5-11H2,1-4H3. The molecule has 0 bridgehead atoms. The van der Waals surface area contributed by atoms with Gasteiger partial charge in [0.2, 0.25) is 0 Å². The average molecular weight is 231 g/mol. The molecule has 0 aliphatic carbocycles. The zero-order chi connectivity index (χ0) is 12.4. The summed E-state index contributed by atoms with van der Waals surface area (Å²) in [6.07, 6.45) is 4.02. The molecule has 16 heavy (non-hydrogen) atoms. The molecule has 1 N–H and O–H groups in total. The molecule has 0 saturated carbocycles. The summed E-state index contributed by atoms with van der Waals surface area (Å²) in [5.74, 6) is 0. The van der Waals surface area contributed by atoms with Crippen LogP contribution in [0, 0.1) is 0 Å². The first-order valence-electron chi connectivity index (χ1n) is 6.60. The van der Waals surface area contributed by atoms with Crippen molar-refractivity contribution in [3.8, 4) is 0 Å². The summed E-state index contributed by atoms with van der Waals surface area (Å²) in [6.45, 7) is 8.97. The maximum absolute atomic E-state index is 9.88. The van der Waals surface area contributed by atoms with Crippen molar-refractivity contribution in [1.82, 2.24) is 4.90 Å². The summed E-state index contributed by atoms with van der Waals surface area (Å²) in [6, 6.07) is 0.571. The third-order valence-electron chi connectivity index (χ3n) is 3.11. The number of rotatable bonds is 10. The lowest BCUT2D eigenvalue weighted by atomic mass is 10.1. The van der Waals surface area contributed by atoms with Crippen molar-refractivity contribution >= 4 is 0 Å². The summed E-state index contributed by atoms with van der Waals surface area (Å²) in [5.41, 5.74) is 0. The van der Waals surface area contributed by atoms with Crippen molar-refractivity contribution in [2.24, 2.45) is 0 Å². The molecule has 98 valence electrons. The molecule has 0 rings (SSSR count). The van der Waals surface area contributed by atoms with E-state index in [9.17, 15) is 5.11 Å². The van der Waals surface area contributed by atoms with E-state index in [1.165, 1.54) is 0 Å². The van der Waals surface area contributed by atoms with Crippen LogP contribution in [0.15, 0.2) is 0 Å². The summed E-state index contributed by atoms with van der Waals surface area (Å²) in [7, 11) is 1.73. The maximum atomic E-state index is 9.88. The second-order valence-electron chi connectivity index (χ2n) is 4.40. The minimum absolute atomic E-state index is 0.192. The number of methoxy groups -OCH3 is 1. The van der Waals surface area contributed by atoms with E-state index in [0.717, 1.165) is 45.4 Å². The monoisotopic (exact) mass is 231 g/mol. The van der Waals surface area contributed by atoms with Crippen LogP contribution < -0.4 is 0 Å². The minimum Gasteiger partial charge on any atom is -0.392 e. The highest BCUT2D eigenvalue weighted by atomic mass is 16.5. The van der Waals surface area contributed by atoms with Crippen LogP contribution in [-0.4, -0.2) is 49.0 Å². The van der Waals surface area contributed by atoms with E-state index in [1.54, 1.807) is 7.11 Å². The van der Waals surface area contributed by atoms with Crippen LogP contribution in [0.4, 0.5) is 0 Å². The van der Waals surface area contributed by atoms with Gasteiger partial charge in [-0.15, -0.1) is 0 Å². The number of aliphatic hydroxyl groups is 1. The molecular weight excluding hydrogens is 202 g/mol. The fourth-order valence-electron chi connectivity index (χ4n) is 2.13. The van der Waals surface area contributed by atoms with Gasteiger partial charge < -0.3 is 9.84 Å².